The van der Waals surface area contributed by atoms with Gasteiger partial charge in [-0.2, -0.15) is 0 Å². The highest BCUT2D eigenvalue weighted by Crippen LogP contribution is 2.20. The van der Waals surface area contributed by atoms with Gasteiger partial charge in [0.25, 0.3) is 0 Å². The molecule has 1 aromatic rings. The van der Waals surface area contributed by atoms with Crippen LogP contribution in [0.15, 0.2) is 18.2 Å². The molecule has 1 aliphatic heterocycles. The third-order valence-corrected chi connectivity index (χ3v) is 2.85. The minimum Gasteiger partial charge on any atom is -0.488 e. The zero-order valence-corrected chi connectivity index (χ0v) is 9.81. The van der Waals surface area contributed by atoms with Crippen molar-refractivity contribution in [3.05, 3.63) is 29.3 Å². The van der Waals surface area contributed by atoms with E-state index < -0.39 is 5.97 Å². The molecule has 1 atom stereocenters. The van der Waals surface area contributed by atoms with Gasteiger partial charge in [0.05, 0.1) is 12.2 Å². The van der Waals surface area contributed by atoms with E-state index in [1.807, 2.05) is 0 Å². The van der Waals surface area contributed by atoms with E-state index in [0.29, 0.717) is 23.5 Å². The van der Waals surface area contributed by atoms with Crippen molar-refractivity contribution in [3.63, 3.8) is 0 Å². The molecule has 1 heterocycles. The van der Waals surface area contributed by atoms with E-state index in [0.717, 1.165) is 19.4 Å². The van der Waals surface area contributed by atoms with Crippen LogP contribution in [0, 0.1) is 6.92 Å². The van der Waals surface area contributed by atoms with Crippen molar-refractivity contribution in [3.8, 4) is 5.75 Å². The van der Waals surface area contributed by atoms with Gasteiger partial charge in [-0.1, -0.05) is 0 Å². The van der Waals surface area contributed by atoms with E-state index in [-0.39, 0.29) is 6.10 Å². The summed E-state index contributed by atoms with van der Waals surface area (Å²) in [4.78, 5) is 10.9. The number of carbonyl (C=O) groups is 1. The molecule has 1 fully saturated rings. The highest BCUT2D eigenvalue weighted by molar-refractivity contribution is 5.89. The number of rotatable bonds is 3. The van der Waals surface area contributed by atoms with E-state index in [4.69, 9.17) is 14.6 Å². The Hall–Kier alpha value is -1.55. The molecule has 0 aromatic heterocycles. The molecule has 17 heavy (non-hydrogen) atoms. The molecule has 1 aliphatic rings. The third-order valence-electron chi connectivity index (χ3n) is 2.85. The standard InChI is InChI=1S/C13H16O4/c1-9-7-10(4-5-12(9)13(14)15)17-11-3-2-6-16-8-11/h4-5,7,11H,2-3,6,8H2,1H3,(H,14,15). The SMILES string of the molecule is Cc1cc(OC2CCCOC2)ccc1C(=O)O. The fraction of sp³-hybridized carbons (Fsp3) is 0.462. The van der Waals surface area contributed by atoms with Crippen LogP contribution < -0.4 is 4.74 Å². The first-order valence-electron chi connectivity index (χ1n) is 5.75. The molecule has 1 N–H and O–H groups in total. The van der Waals surface area contributed by atoms with E-state index in [2.05, 4.69) is 0 Å². The Morgan fingerprint density at radius 3 is 2.94 bits per heavy atom. The van der Waals surface area contributed by atoms with Gasteiger partial charge < -0.3 is 14.6 Å². The van der Waals surface area contributed by atoms with Crippen LogP contribution in [0.1, 0.15) is 28.8 Å². The molecule has 1 aromatic carbocycles. The van der Waals surface area contributed by atoms with E-state index >= 15 is 0 Å². The fourth-order valence-corrected chi connectivity index (χ4v) is 1.95. The van der Waals surface area contributed by atoms with E-state index in [9.17, 15) is 4.79 Å². The van der Waals surface area contributed by atoms with Gasteiger partial charge in [0, 0.05) is 6.61 Å². The van der Waals surface area contributed by atoms with Crippen molar-refractivity contribution < 1.29 is 19.4 Å². The minimum absolute atomic E-state index is 0.0822. The first-order valence-corrected chi connectivity index (χ1v) is 5.75. The van der Waals surface area contributed by atoms with Crippen LogP contribution in [0.4, 0.5) is 0 Å². The quantitative estimate of drug-likeness (QED) is 0.874. The minimum atomic E-state index is -0.907. The van der Waals surface area contributed by atoms with Crippen LogP contribution in [0.3, 0.4) is 0 Å². The number of hydrogen-bond acceptors (Lipinski definition) is 3. The van der Waals surface area contributed by atoms with Crippen LogP contribution in [-0.2, 0) is 4.74 Å². The summed E-state index contributed by atoms with van der Waals surface area (Å²) in [5.74, 6) is -0.196. The number of aromatic carboxylic acids is 1. The Morgan fingerprint density at radius 2 is 2.35 bits per heavy atom. The molecule has 92 valence electrons. The maximum absolute atomic E-state index is 10.9. The highest BCUT2D eigenvalue weighted by atomic mass is 16.5. The van der Waals surface area contributed by atoms with Gasteiger partial charge in [0.2, 0.25) is 0 Å². The zero-order chi connectivity index (χ0) is 12.3. The summed E-state index contributed by atoms with van der Waals surface area (Å²) in [7, 11) is 0. The molecule has 0 amide bonds. The topological polar surface area (TPSA) is 55.8 Å². The normalized spacial score (nSPS) is 19.9. The van der Waals surface area contributed by atoms with Crippen LogP contribution in [-0.4, -0.2) is 30.4 Å². The Morgan fingerprint density at radius 1 is 1.53 bits per heavy atom. The van der Waals surface area contributed by atoms with Crippen molar-refractivity contribution >= 4 is 5.97 Å². The number of ether oxygens (including phenoxy) is 2. The summed E-state index contributed by atoms with van der Waals surface area (Å²) in [5, 5.41) is 8.92. The lowest BCUT2D eigenvalue weighted by Gasteiger charge is -2.23. The van der Waals surface area contributed by atoms with Crippen LogP contribution in [0.2, 0.25) is 0 Å². The van der Waals surface area contributed by atoms with Gasteiger partial charge in [-0.05, 0) is 43.5 Å². The molecule has 0 aliphatic carbocycles. The van der Waals surface area contributed by atoms with Gasteiger partial charge in [0.1, 0.15) is 11.9 Å². The summed E-state index contributed by atoms with van der Waals surface area (Å²) in [5.41, 5.74) is 1.03. The predicted octanol–water partition coefficient (Wildman–Crippen LogP) is 2.25. The summed E-state index contributed by atoms with van der Waals surface area (Å²) in [6, 6.07) is 5.04. The first kappa shape index (κ1) is 11.9. The molecule has 0 radical (unpaired) electrons. The maximum atomic E-state index is 10.9. The van der Waals surface area contributed by atoms with Crippen molar-refractivity contribution in [2.45, 2.75) is 25.9 Å². The Kier molecular flexibility index (Phi) is 3.64. The number of hydrogen-bond donors (Lipinski definition) is 1. The molecule has 1 saturated heterocycles. The average molecular weight is 236 g/mol. The third kappa shape index (κ3) is 2.97. The van der Waals surface area contributed by atoms with Crippen LogP contribution >= 0.6 is 0 Å². The van der Waals surface area contributed by atoms with Gasteiger partial charge in [0.15, 0.2) is 0 Å². The number of carboxylic acid groups (broad SMARTS) is 1. The zero-order valence-electron chi connectivity index (χ0n) is 9.81. The van der Waals surface area contributed by atoms with Crippen molar-refractivity contribution in [2.75, 3.05) is 13.2 Å². The molecule has 0 bridgehead atoms. The predicted molar refractivity (Wildman–Crippen MR) is 62.6 cm³/mol. The molecule has 4 nitrogen and oxygen atoms in total. The van der Waals surface area contributed by atoms with Crippen LogP contribution in [0.5, 0.6) is 5.75 Å². The molecular weight excluding hydrogens is 220 g/mol. The highest BCUT2D eigenvalue weighted by Gasteiger charge is 2.16. The summed E-state index contributed by atoms with van der Waals surface area (Å²) in [6.07, 6.45) is 2.08. The van der Waals surface area contributed by atoms with Gasteiger partial charge in [-0.25, -0.2) is 4.79 Å². The molecular formula is C13H16O4. The van der Waals surface area contributed by atoms with E-state index in [1.165, 1.54) is 0 Å². The molecule has 2 rings (SSSR count). The Bertz CT molecular complexity index is 408. The van der Waals surface area contributed by atoms with Gasteiger partial charge in [-0.15, -0.1) is 0 Å². The lowest BCUT2D eigenvalue weighted by Crippen LogP contribution is -2.28. The second-order valence-corrected chi connectivity index (χ2v) is 4.24. The molecule has 4 heteroatoms. The Balaban J connectivity index is 2.06. The van der Waals surface area contributed by atoms with E-state index in [1.54, 1.807) is 25.1 Å². The van der Waals surface area contributed by atoms with Gasteiger partial charge >= 0.3 is 5.97 Å². The maximum Gasteiger partial charge on any atom is 0.335 e. The largest absolute Gasteiger partial charge is 0.488 e. The molecule has 0 saturated carbocycles. The van der Waals surface area contributed by atoms with Gasteiger partial charge in [-0.3, -0.25) is 0 Å². The second-order valence-electron chi connectivity index (χ2n) is 4.24. The van der Waals surface area contributed by atoms with Crippen molar-refractivity contribution in [1.82, 2.24) is 0 Å². The lowest BCUT2D eigenvalue weighted by atomic mass is 10.1. The summed E-state index contributed by atoms with van der Waals surface area (Å²) in [6.45, 7) is 3.18. The Labute approximate surface area is 100 Å². The lowest BCUT2D eigenvalue weighted by molar-refractivity contribution is 0.00740. The molecule has 1 unspecified atom stereocenters. The molecule has 0 spiro atoms. The fourth-order valence-electron chi connectivity index (χ4n) is 1.95. The monoisotopic (exact) mass is 236 g/mol. The smallest absolute Gasteiger partial charge is 0.335 e. The van der Waals surface area contributed by atoms with Crippen LogP contribution in [0.25, 0.3) is 0 Å². The van der Waals surface area contributed by atoms with Crippen molar-refractivity contribution in [2.24, 2.45) is 0 Å². The van der Waals surface area contributed by atoms with Crippen molar-refractivity contribution in [1.29, 1.82) is 0 Å². The second kappa shape index (κ2) is 5.19. The number of benzene rings is 1. The summed E-state index contributed by atoms with van der Waals surface area (Å²) >= 11 is 0. The average Bonchev–Trinajstić information content (AvgIpc) is 2.30. The number of carboxylic acids is 1. The summed E-state index contributed by atoms with van der Waals surface area (Å²) < 4.78 is 11.1. The number of aryl methyl sites for hydroxylation is 1. The first-order chi connectivity index (χ1) is 8.16.